The van der Waals surface area contributed by atoms with Crippen LogP contribution in [0.5, 0.6) is 5.75 Å². The monoisotopic (exact) mass is 429 g/mol. The third-order valence-corrected chi connectivity index (χ3v) is 4.34. The zero-order valence-corrected chi connectivity index (χ0v) is 15.5. The van der Waals surface area contributed by atoms with Crippen molar-refractivity contribution < 1.29 is 9.90 Å². The summed E-state index contributed by atoms with van der Waals surface area (Å²) < 4.78 is 0.793. The van der Waals surface area contributed by atoms with Crippen molar-refractivity contribution in [3.05, 3.63) is 52.5 Å². The average molecular weight is 430 g/mol. The number of carbonyl (C=O) groups is 1. The number of phenols is 1. The van der Waals surface area contributed by atoms with Crippen molar-refractivity contribution in [3.63, 3.8) is 0 Å². The lowest BCUT2D eigenvalue weighted by atomic mass is 10.1. The molecule has 138 valence electrons. The standard InChI is InChI=1S/C17H16BrN7O2/c18-9-5-1-2-6-10(9)22-16-17(25-14(20)13(19)24-16)23-11-7-3-4-8(12(11)26)15(21)27/h1-7,13,26H,19H2,(H2,21,27)(H,22,24)(H2,20,23,25). The number of rotatable bonds is 3. The first kappa shape index (κ1) is 18.5. The number of anilines is 1. The first-order chi connectivity index (χ1) is 12.9. The van der Waals surface area contributed by atoms with Gasteiger partial charge in [-0.2, -0.15) is 0 Å². The number of hydrogen-bond donors (Lipinski definition) is 5. The quantitative estimate of drug-likeness (QED) is 0.497. The van der Waals surface area contributed by atoms with Crippen LogP contribution in [0.3, 0.4) is 0 Å². The summed E-state index contributed by atoms with van der Waals surface area (Å²) in [6, 6.07) is 11.8. The van der Waals surface area contributed by atoms with E-state index in [9.17, 15) is 9.90 Å². The van der Waals surface area contributed by atoms with Gasteiger partial charge in [0.05, 0.1) is 11.3 Å². The Labute approximate surface area is 162 Å². The Bertz CT molecular complexity index is 1000. The number of nitrogens with two attached hydrogens (primary N) is 3. The summed E-state index contributed by atoms with van der Waals surface area (Å²) in [7, 11) is 0. The zero-order valence-electron chi connectivity index (χ0n) is 13.9. The van der Waals surface area contributed by atoms with Crippen molar-refractivity contribution in [2.45, 2.75) is 6.17 Å². The lowest BCUT2D eigenvalue weighted by Gasteiger charge is -2.18. The first-order valence-electron chi connectivity index (χ1n) is 7.76. The molecule has 1 aliphatic heterocycles. The average Bonchev–Trinajstić information content (AvgIpc) is 2.62. The molecule has 0 bridgehead atoms. The van der Waals surface area contributed by atoms with Crippen LogP contribution in [-0.4, -0.2) is 34.7 Å². The van der Waals surface area contributed by atoms with Crippen molar-refractivity contribution in [1.29, 1.82) is 0 Å². The van der Waals surface area contributed by atoms with E-state index in [4.69, 9.17) is 17.2 Å². The van der Waals surface area contributed by atoms with Crippen molar-refractivity contribution in [2.75, 3.05) is 5.32 Å². The Morgan fingerprint density at radius 1 is 1.22 bits per heavy atom. The summed E-state index contributed by atoms with van der Waals surface area (Å²) in [6.07, 6.45) is -0.834. The van der Waals surface area contributed by atoms with Crippen LogP contribution in [0, 0.1) is 0 Å². The fraction of sp³-hybridized carbons (Fsp3) is 0.0588. The highest BCUT2D eigenvalue weighted by Gasteiger charge is 2.22. The van der Waals surface area contributed by atoms with E-state index in [1.807, 2.05) is 24.3 Å². The van der Waals surface area contributed by atoms with Crippen LogP contribution in [0.15, 0.2) is 61.9 Å². The third-order valence-electron chi connectivity index (χ3n) is 3.65. The molecule has 2 aromatic carbocycles. The molecular formula is C17H16BrN7O2. The summed E-state index contributed by atoms with van der Waals surface area (Å²) in [6.45, 7) is 0. The molecule has 0 aliphatic carbocycles. The molecule has 27 heavy (non-hydrogen) atoms. The minimum absolute atomic E-state index is 0.0569. The Hall–Kier alpha value is -3.24. The summed E-state index contributed by atoms with van der Waals surface area (Å²) in [5.41, 5.74) is 17.6. The largest absolute Gasteiger partial charge is 0.505 e. The lowest BCUT2D eigenvalue weighted by Crippen LogP contribution is -2.43. The maximum atomic E-state index is 11.4. The SMILES string of the molecule is NC(=O)c1cccc(N=C2N=C(N)C(N)N=C2Nc2ccccc2Br)c1O. The van der Waals surface area contributed by atoms with Gasteiger partial charge in [-0.3, -0.25) is 4.79 Å². The minimum atomic E-state index is -0.834. The fourth-order valence-corrected chi connectivity index (χ4v) is 2.68. The molecule has 3 rings (SSSR count). The highest BCUT2D eigenvalue weighted by Crippen LogP contribution is 2.30. The van der Waals surface area contributed by atoms with Gasteiger partial charge in [-0.15, -0.1) is 0 Å². The van der Waals surface area contributed by atoms with E-state index in [0.29, 0.717) is 5.69 Å². The number of halogens is 1. The van der Waals surface area contributed by atoms with Crippen LogP contribution in [-0.2, 0) is 0 Å². The van der Waals surface area contributed by atoms with Crippen molar-refractivity contribution in [2.24, 2.45) is 32.2 Å². The smallest absolute Gasteiger partial charge is 0.252 e. The molecule has 0 fully saturated rings. The van der Waals surface area contributed by atoms with E-state index >= 15 is 0 Å². The predicted octanol–water partition coefficient (Wildman–Crippen LogP) is 1.45. The number of carbonyl (C=O) groups excluding carboxylic acids is 1. The van der Waals surface area contributed by atoms with Gasteiger partial charge in [-0.25, -0.2) is 15.0 Å². The van der Waals surface area contributed by atoms with Gasteiger partial charge < -0.3 is 27.6 Å². The van der Waals surface area contributed by atoms with Crippen LogP contribution >= 0.6 is 15.9 Å². The molecule has 1 aliphatic rings. The Morgan fingerprint density at radius 2 is 1.96 bits per heavy atom. The number of hydrogen-bond acceptors (Lipinski definition) is 7. The van der Waals surface area contributed by atoms with Crippen molar-refractivity contribution in [3.8, 4) is 5.75 Å². The Morgan fingerprint density at radius 3 is 2.67 bits per heavy atom. The number of nitrogens with zero attached hydrogens (tertiary/aromatic N) is 3. The van der Waals surface area contributed by atoms with Crippen LogP contribution < -0.4 is 22.5 Å². The Balaban J connectivity index is 2.05. The van der Waals surface area contributed by atoms with Gasteiger partial charge >= 0.3 is 0 Å². The number of para-hydroxylation sites is 2. The molecule has 1 amide bonds. The Kier molecular flexibility index (Phi) is 5.19. The number of benzene rings is 2. The van der Waals surface area contributed by atoms with Crippen LogP contribution in [0.2, 0.25) is 0 Å². The molecule has 10 heteroatoms. The van der Waals surface area contributed by atoms with E-state index in [2.05, 4.69) is 36.2 Å². The van der Waals surface area contributed by atoms with Gasteiger partial charge in [0.25, 0.3) is 5.91 Å². The molecule has 2 aromatic rings. The predicted molar refractivity (Wildman–Crippen MR) is 109 cm³/mol. The number of nitrogens with one attached hydrogen (secondary N) is 1. The topological polar surface area (TPSA) is 164 Å². The number of aromatic hydroxyl groups is 1. The van der Waals surface area contributed by atoms with Crippen molar-refractivity contribution >= 4 is 50.7 Å². The molecule has 0 spiro atoms. The molecular weight excluding hydrogens is 414 g/mol. The summed E-state index contributed by atoms with van der Waals surface area (Å²) in [4.78, 5) is 24.1. The molecule has 0 radical (unpaired) electrons. The molecule has 1 atom stereocenters. The van der Waals surface area contributed by atoms with Crippen molar-refractivity contribution in [1.82, 2.24) is 0 Å². The molecule has 9 nitrogen and oxygen atoms in total. The maximum Gasteiger partial charge on any atom is 0.252 e. The minimum Gasteiger partial charge on any atom is -0.505 e. The summed E-state index contributed by atoms with van der Waals surface area (Å²) in [5.74, 6) is -0.712. The second kappa shape index (κ2) is 7.56. The van der Waals surface area contributed by atoms with Gasteiger partial charge in [-0.05, 0) is 40.2 Å². The normalized spacial score (nSPS) is 18.0. The van der Waals surface area contributed by atoms with E-state index in [1.165, 1.54) is 12.1 Å². The number of aliphatic imine (C=N–C) groups is 3. The highest BCUT2D eigenvalue weighted by atomic mass is 79.9. The number of amidine groups is 3. The first-order valence-corrected chi connectivity index (χ1v) is 8.56. The van der Waals surface area contributed by atoms with Gasteiger partial charge in [0.1, 0.15) is 11.5 Å². The number of primary amides is 1. The molecule has 8 N–H and O–H groups in total. The molecule has 1 heterocycles. The molecule has 0 saturated carbocycles. The molecule has 1 unspecified atom stereocenters. The van der Waals surface area contributed by atoms with E-state index in [1.54, 1.807) is 6.07 Å². The summed E-state index contributed by atoms with van der Waals surface area (Å²) >= 11 is 3.43. The maximum absolute atomic E-state index is 11.4. The van der Waals surface area contributed by atoms with Crippen LogP contribution in [0.1, 0.15) is 10.4 Å². The second-order valence-corrected chi connectivity index (χ2v) is 6.39. The fourth-order valence-electron chi connectivity index (χ4n) is 2.30. The van der Waals surface area contributed by atoms with Gasteiger partial charge in [-0.1, -0.05) is 18.2 Å². The zero-order chi connectivity index (χ0) is 19.6. The number of amides is 1. The van der Waals surface area contributed by atoms with E-state index < -0.39 is 12.1 Å². The van der Waals surface area contributed by atoms with Crippen LogP contribution in [0.25, 0.3) is 0 Å². The molecule has 0 saturated heterocycles. The lowest BCUT2D eigenvalue weighted by molar-refractivity contribution is 0.0998. The van der Waals surface area contributed by atoms with Gasteiger partial charge in [0.15, 0.2) is 23.6 Å². The van der Waals surface area contributed by atoms with E-state index in [0.717, 1.165) is 4.47 Å². The van der Waals surface area contributed by atoms with Gasteiger partial charge in [0.2, 0.25) is 0 Å². The third kappa shape index (κ3) is 3.96. The second-order valence-electron chi connectivity index (χ2n) is 5.54. The summed E-state index contributed by atoms with van der Waals surface area (Å²) in [5, 5.41) is 13.3. The van der Waals surface area contributed by atoms with Gasteiger partial charge in [0, 0.05) is 4.47 Å². The molecule has 0 aromatic heterocycles. The van der Waals surface area contributed by atoms with E-state index in [-0.39, 0.29) is 34.5 Å². The van der Waals surface area contributed by atoms with Crippen LogP contribution in [0.4, 0.5) is 11.4 Å². The highest BCUT2D eigenvalue weighted by molar-refractivity contribution is 9.10.